The van der Waals surface area contributed by atoms with Gasteiger partial charge in [0.1, 0.15) is 0 Å². The number of hydrogen-bond donors (Lipinski definition) is 3. The van der Waals surface area contributed by atoms with E-state index in [1.807, 2.05) is 0 Å². The van der Waals surface area contributed by atoms with Crippen LogP contribution in [0.5, 0.6) is 0 Å². The summed E-state index contributed by atoms with van der Waals surface area (Å²) in [7, 11) is 0. The van der Waals surface area contributed by atoms with Gasteiger partial charge in [-0.15, -0.1) is 0 Å². The maximum absolute atomic E-state index is 11.2. The summed E-state index contributed by atoms with van der Waals surface area (Å²) in [6, 6.07) is 0. The van der Waals surface area contributed by atoms with Gasteiger partial charge in [0.2, 0.25) is 0 Å². The van der Waals surface area contributed by atoms with Crippen LogP contribution < -0.4 is 0 Å². The lowest BCUT2D eigenvalue weighted by atomic mass is 9.66. The summed E-state index contributed by atoms with van der Waals surface area (Å²) >= 11 is 0. The van der Waals surface area contributed by atoms with Gasteiger partial charge in [-0.1, -0.05) is 27.4 Å². The zero-order valence-electron chi connectivity index (χ0n) is 11.5. The van der Waals surface area contributed by atoms with Gasteiger partial charge in [-0.2, -0.15) is 0 Å². The zero-order valence-corrected chi connectivity index (χ0v) is 11.5. The SMILES string of the molecule is C=C1[C@H](O)C[C@@H]2C[C@@]3(C)[C@H](O)CC(C)(C)[C@H]3[C@]12O. The molecule has 0 radical (unpaired) electrons. The molecular weight excluding hydrogens is 228 g/mol. The summed E-state index contributed by atoms with van der Waals surface area (Å²) in [6.45, 7) is 10.3. The third kappa shape index (κ3) is 1.16. The molecule has 3 fully saturated rings. The van der Waals surface area contributed by atoms with Crippen molar-refractivity contribution < 1.29 is 15.3 Å². The quantitative estimate of drug-likeness (QED) is 0.572. The van der Waals surface area contributed by atoms with E-state index in [1.54, 1.807) is 0 Å². The van der Waals surface area contributed by atoms with Crippen LogP contribution in [0.1, 0.15) is 40.0 Å². The maximum Gasteiger partial charge on any atom is 0.0947 e. The average Bonchev–Trinajstić information content (AvgIpc) is 2.64. The van der Waals surface area contributed by atoms with Crippen LogP contribution in [0.25, 0.3) is 0 Å². The molecule has 3 N–H and O–H groups in total. The second kappa shape index (κ2) is 3.20. The van der Waals surface area contributed by atoms with Gasteiger partial charge in [0, 0.05) is 11.3 Å². The highest BCUT2D eigenvalue weighted by Gasteiger charge is 2.73. The molecule has 6 atom stereocenters. The molecule has 3 nitrogen and oxygen atoms in total. The zero-order chi connectivity index (χ0) is 13.5. The lowest BCUT2D eigenvalue weighted by molar-refractivity contribution is -0.0462. The molecule has 3 rings (SSSR count). The third-order valence-corrected chi connectivity index (χ3v) is 6.09. The van der Waals surface area contributed by atoms with Crippen LogP contribution in [0, 0.1) is 22.7 Å². The fraction of sp³-hybridized carbons (Fsp3) is 0.867. The van der Waals surface area contributed by atoms with Crippen molar-refractivity contribution >= 4 is 0 Å². The summed E-state index contributed by atoms with van der Waals surface area (Å²) in [5, 5.41) is 31.6. The van der Waals surface area contributed by atoms with E-state index in [1.165, 1.54) is 0 Å². The van der Waals surface area contributed by atoms with Crippen molar-refractivity contribution in [3.8, 4) is 0 Å². The van der Waals surface area contributed by atoms with Gasteiger partial charge in [-0.25, -0.2) is 0 Å². The maximum atomic E-state index is 11.2. The molecule has 102 valence electrons. The van der Waals surface area contributed by atoms with E-state index in [2.05, 4.69) is 27.4 Å². The molecule has 0 aliphatic heterocycles. The van der Waals surface area contributed by atoms with Gasteiger partial charge in [-0.3, -0.25) is 0 Å². The minimum absolute atomic E-state index is 0.0119. The molecule has 0 amide bonds. The Morgan fingerprint density at radius 3 is 2.39 bits per heavy atom. The molecule has 0 heterocycles. The molecule has 3 aliphatic rings. The van der Waals surface area contributed by atoms with Crippen molar-refractivity contribution in [3.63, 3.8) is 0 Å². The molecule has 3 aliphatic carbocycles. The van der Waals surface area contributed by atoms with Crippen LogP contribution in [0.3, 0.4) is 0 Å². The van der Waals surface area contributed by atoms with Crippen LogP contribution in [-0.2, 0) is 0 Å². The molecule has 0 aromatic rings. The van der Waals surface area contributed by atoms with Crippen molar-refractivity contribution in [2.45, 2.75) is 57.8 Å². The van der Waals surface area contributed by atoms with Crippen LogP contribution in [0.2, 0.25) is 0 Å². The van der Waals surface area contributed by atoms with Gasteiger partial charge in [0.15, 0.2) is 0 Å². The van der Waals surface area contributed by atoms with Crippen molar-refractivity contribution in [3.05, 3.63) is 12.2 Å². The number of fused-ring (bicyclic) bond motifs is 3. The largest absolute Gasteiger partial charge is 0.393 e. The predicted molar refractivity (Wildman–Crippen MR) is 68.8 cm³/mol. The Bertz CT molecular complexity index is 416. The van der Waals surface area contributed by atoms with Crippen LogP contribution in [-0.4, -0.2) is 33.1 Å². The van der Waals surface area contributed by atoms with E-state index in [0.29, 0.717) is 18.4 Å². The molecule has 0 unspecified atom stereocenters. The highest BCUT2D eigenvalue weighted by molar-refractivity contribution is 5.35. The lowest BCUT2D eigenvalue weighted by Crippen LogP contribution is -2.46. The summed E-state index contributed by atoms with van der Waals surface area (Å²) in [5.41, 5.74) is -0.783. The van der Waals surface area contributed by atoms with Crippen LogP contribution in [0.4, 0.5) is 0 Å². The first-order valence-electron chi connectivity index (χ1n) is 6.92. The minimum atomic E-state index is -0.991. The number of aliphatic hydroxyl groups is 3. The van der Waals surface area contributed by atoms with Gasteiger partial charge in [0.05, 0.1) is 17.8 Å². The smallest absolute Gasteiger partial charge is 0.0947 e. The summed E-state index contributed by atoms with van der Waals surface area (Å²) < 4.78 is 0. The Labute approximate surface area is 109 Å². The fourth-order valence-corrected chi connectivity index (χ4v) is 5.60. The van der Waals surface area contributed by atoms with E-state index in [4.69, 9.17) is 0 Å². The Kier molecular flexibility index (Phi) is 2.24. The standard InChI is InChI=1S/C15H24O3/c1-8-10(16)5-9-6-14(4)11(17)7-13(2,3)12(14)15(8,9)18/h9-12,16-18H,1,5-7H2,2-4H3/t9-,10-,11-,12-,14+,15+/m1/s1. The first-order valence-corrected chi connectivity index (χ1v) is 6.92. The molecule has 0 aromatic carbocycles. The molecule has 3 heteroatoms. The molecule has 0 aromatic heterocycles. The highest BCUT2D eigenvalue weighted by Crippen LogP contribution is 2.71. The molecule has 3 saturated carbocycles. The molecule has 0 saturated heterocycles. The van der Waals surface area contributed by atoms with Crippen LogP contribution in [0.15, 0.2) is 12.2 Å². The molecule has 0 spiro atoms. The Morgan fingerprint density at radius 2 is 1.78 bits per heavy atom. The first kappa shape index (κ1) is 12.6. The molecule has 18 heavy (non-hydrogen) atoms. The van der Waals surface area contributed by atoms with E-state index < -0.39 is 11.7 Å². The van der Waals surface area contributed by atoms with E-state index in [0.717, 1.165) is 6.42 Å². The Morgan fingerprint density at radius 1 is 1.17 bits per heavy atom. The van der Waals surface area contributed by atoms with Crippen molar-refractivity contribution in [2.75, 3.05) is 0 Å². The lowest BCUT2D eigenvalue weighted by Gasteiger charge is -2.42. The van der Waals surface area contributed by atoms with Gasteiger partial charge in [0.25, 0.3) is 0 Å². The fourth-order valence-electron chi connectivity index (χ4n) is 5.60. The topological polar surface area (TPSA) is 60.7 Å². The van der Waals surface area contributed by atoms with Gasteiger partial charge < -0.3 is 15.3 Å². The normalized spacial score (nSPS) is 57.8. The van der Waals surface area contributed by atoms with E-state index in [9.17, 15) is 15.3 Å². The first-order chi connectivity index (χ1) is 8.14. The van der Waals surface area contributed by atoms with Crippen molar-refractivity contribution in [2.24, 2.45) is 22.7 Å². The highest BCUT2D eigenvalue weighted by atomic mass is 16.3. The van der Waals surface area contributed by atoms with Crippen LogP contribution >= 0.6 is 0 Å². The number of rotatable bonds is 0. The van der Waals surface area contributed by atoms with Gasteiger partial charge in [-0.05, 0) is 36.2 Å². The van der Waals surface area contributed by atoms with E-state index >= 15 is 0 Å². The third-order valence-electron chi connectivity index (χ3n) is 6.09. The second-order valence-corrected chi connectivity index (χ2v) is 7.65. The Hall–Kier alpha value is -0.380. The van der Waals surface area contributed by atoms with Crippen molar-refractivity contribution in [1.82, 2.24) is 0 Å². The van der Waals surface area contributed by atoms with Gasteiger partial charge >= 0.3 is 0 Å². The summed E-state index contributed by atoms with van der Waals surface area (Å²) in [4.78, 5) is 0. The van der Waals surface area contributed by atoms with Crippen molar-refractivity contribution in [1.29, 1.82) is 0 Å². The predicted octanol–water partition coefficient (Wildman–Crippen LogP) is 1.47. The second-order valence-electron chi connectivity index (χ2n) is 7.65. The number of hydrogen-bond acceptors (Lipinski definition) is 3. The molecular formula is C15H24O3. The Balaban J connectivity index is 2.13. The monoisotopic (exact) mass is 252 g/mol. The average molecular weight is 252 g/mol. The summed E-state index contributed by atoms with van der Waals surface area (Å²) in [6.07, 6.45) is 1.14. The molecule has 0 bridgehead atoms. The number of aliphatic hydroxyl groups excluding tert-OH is 2. The van der Waals surface area contributed by atoms with E-state index in [-0.39, 0.29) is 28.8 Å². The summed E-state index contributed by atoms with van der Waals surface area (Å²) in [5.74, 6) is 0.0337. The minimum Gasteiger partial charge on any atom is -0.393 e.